The van der Waals surface area contributed by atoms with Crippen LogP contribution in [-0.4, -0.2) is 60.6 Å². The minimum absolute atomic E-state index is 0. The fourth-order valence-electron chi connectivity index (χ4n) is 3.66. The number of aliphatic imine (C=N–C) groups is 1. The second-order valence-corrected chi connectivity index (χ2v) is 6.98. The fourth-order valence-corrected chi connectivity index (χ4v) is 3.66. The normalized spacial score (nSPS) is 23.0. The molecule has 28 heavy (non-hydrogen) atoms. The second kappa shape index (κ2) is 9.39. The molecular formula is C18H27IN6O3. The van der Waals surface area contributed by atoms with Crippen molar-refractivity contribution in [1.29, 1.82) is 0 Å². The molecule has 154 valence electrons. The van der Waals surface area contributed by atoms with Crippen LogP contribution >= 0.6 is 24.0 Å². The number of carbonyl (C=O) groups is 2. The highest BCUT2D eigenvalue weighted by Crippen LogP contribution is 2.30. The first-order chi connectivity index (χ1) is 13.0. The van der Waals surface area contributed by atoms with E-state index in [4.69, 9.17) is 4.74 Å². The number of ether oxygens (including phenoxy) is 1. The van der Waals surface area contributed by atoms with Crippen molar-refractivity contribution in [1.82, 2.24) is 25.8 Å². The maximum atomic E-state index is 12.1. The van der Waals surface area contributed by atoms with Crippen LogP contribution in [0, 0.1) is 5.92 Å². The van der Waals surface area contributed by atoms with E-state index in [0.717, 1.165) is 37.5 Å². The molecule has 1 aromatic heterocycles. The molecule has 0 radical (unpaired) electrons. The van der Waals surface area contributed by atoms with Gasteiger partial charge in [0.25, 0.3) is 5.91 Å². The first-order valence-electron chi connectivity index (χ1n) is 9.04. The van der Waals surface area contributed by atoms with Crippen LogP contribution in [0.3, 0.4) is 0 Å². The lowest BCUT2D eigenvalue weighted by Crippen LogP contribution is -2.55. The molecule has 0 bridgehead atoms. The van der Waals surface area contributed by atoms with Gasteiger partial charge in [-0.2, -0.15) is 0 Å². The standard InChI is InChI=1S/C18H26N6O3.HI/c1-18(15(25)22-17(26)23-18)13-6-8-24(9-7-13)16(19-2)21-11-12-4-5-14(27-3)20-10-12;/h4-5,10,13H,6-9,11H2,1-3H3,(H,19,21)(H2,22,23,25,26);1H. The van der Waals surface area contributed by atoms with E-state index in [0.29, 0.717) is 12.4 Å². The van der Waals surface area contributed by atoms with Gasteiger partial charge >= 0.3 is 6.03 Å². The number of imide groups is 1. The van der Waals surface area contributed by atoms with Gasteiger partial charge in [-0.3, -0.25) is 15.1 Å². The number of methoxy groups -OCH3 is 1. The van der Waals surface area contributed by atoms with Gasteiger partial charge in [-0.25, -0.2) is 9.78 Å². The summed E-state index contributed by atoms with van der Waals surface area (Å²) in [5.74, 6) is 1.26. The molecule has 1 aromatic rings. The molecule has 3 N–H and O–H groups in total. The summed E-state index contributed by atoms with van der Waals surface area (Å²) in [6.45, 7) is 3.95. The topological polar surface area (TPSA) is 108 Å². The third kappa shape index (κ3) is 4.65. The van der Waals surface area contributed by atoms with Crippen molar-refractivity contribution in [2.24, 2.45) is 10.9 Å². The van der Waals surface area contributed by atoms with Gasteiger partial charge < -0.3 is 20.3 Å². The van der Waals surface area contributed by atoms with Gasteiger partial charge in [0.1, 0.15) is 5.54 Å². The number of halogens is 1. The van der Waals surface area contributed by atoms with Gasteiger partial charge in [-0.15, -0.1) is 24.0 Å². The van der Waals surface area contributed by atoms with Crippen molar-refractivity contribution in [3.63, 3.8) is 0 Å². The van der Waals surface area contributed by atoms with Gasteiger partial charge in [0.05, 0.1) is 7.11 Å². The molecule has 2 aliphatic rings. The van der Waals surface area contributed by atoms with Crippen LogP contribution in [0.5, 0.6) is 5.88 Å². The molecule has 2 fully saturated rings. The predicted molar refractivity (Wildman–Crippen MR) is 116 cm³/mol. The van der Waals surface area contributed by atoms with Crippen molar-refractivity contribution in [3.8, 4) is 5.88 Å². The van der Waals surface area contributed by atoms with Crippen molar-refractivity contribution in [2.45, 2.75) is 31.8 Å². The monoisotopic (exact) mass is 502 g/mol. The Morgan fingerprint density at radius 3 is 2.61 bits per heavy atom. The minimum atomic E-state index is -0.825. The van der Waals surface area contributed by atoms with E-state index in [1.165, 1.54) is 0 Å². The lowest BCUT2D eigenvalue weighted by atomic mass is 9.79. The average molecular weight is 502 g/mol. The Morgan fingerprint density at radius 1 is 1.39 bits per heavy atom. The molecule has 1 unspecified atom stereocenters. The number of hydrogen-bond donors (Lipinski definition) is 3. The number of pyridine rings is 1. The summed E-state index contributed by atoms with van der Waals surface area (Å²) in [6, 6.07) is 3.38. The molecule has 0 aromatic carbocycles. The number of hydrogen-bond acceptors (Lipinski definition) is 5. The molecule has 2 saturated heterocycles. The molecule has 3 amide bonds. The molecule has 0 saturated carbocycles. The molecule has 1 atom stereocenters. The molecular weight excluding hydrogens is 475 g/mol. The number of aromatic nitrogens is 1. The molecule has 3 heterocycles. The molecule has 3 rings (SSSR count). The number of carbonyl (C=O) groups excluding carboxylic acids is 2. The Kier molecular flexibility index (Phi) is 7.44. The van der Waals surface area contributed by atoms with Crippen LogP contribution in [0.2, 0.25) is 0 Å². The van der Waals surface area contributed by atoms with E-state index in [1.54, 1.807) is 27.3 Å². The Morgan fingerprint density at radius 2 is 2.11 bits per heavy atom. The lowest BCUT2D eigenvalue weighted by Gasteiger charge is -2.39. The second-order valence-electron chi connectivity index (χ2n) is 6.98. The van der Waals surface area contributed by atoms with Crippen LogP contribution < -0.4 is 20.7 Å². The largest absolute Gasteiger partial charge is 0.481 e. The van der Waals surface area contributed by atoms with E-state index in [9.17, 15) is 9.59 Å². The first-order valence-corrected chi connectivity index (χ1v) is 9.04. The van der Waals surface area contributed by atoms with Gasteiger partial charge in [-0.1, -0.05) is 6.07 Å². The quantitative estimate of drug-likeness (QED) is 0.246. The van der Waals surface area contributed by atoms with Gasteiger partial charge in [0.15, 0.2) is 5.96 Å². The SMILES string of the molecule is CN=C(NCc1ccc(OC)nc1)N1CCC(C2(C)NC(=O)NC2=O)CC1.I. The summed E-state index contributed by atoms with van der Waals surface area (Å²) < 4.78 is 5.07. The van der Waals surface area contributed by atoms with E-state index in [2.05, 4.69) is 30.8 Å². The van der Waals surface area contributed by atoms with Crippen molar-refractivity contribution < 1.29 is 14.3 Å². The molecule has 0 spiro atoms. The van der Waals surface area contributed by atoms with Crippen LogP contribution in [0.1, 0.15) is 25.3 Å². The zero-order valence-electron chi connectivity index (χ0n) is 16.3. The lowest BCUT2D eigenvalue weighted by molar-refractivity contribution is -0.125. The Bertz CT molecular complexity index is 733. The fraction of sp³-hybridized carbons (Fsp3) is 0.556. The summed E-state index contributed by atoms with van der Waals surface area (Å²) in [5, 5.41) is 8.47. The maximum Gasteiger partial charge on any atom is 0.322 e. The Balaban J connectivity index is 0.00000280. The highest BCUT2D eigenvalue weighted by molar-refractivity contribution is 14.0. The van der Waals surface area contributed by atoms with Gasteiger partial charge in [0.2, 0.25) is 5.88 Å². The molecule has 2 aliphatic heterocycles. The first kappa shape index (κ1) is 22.2. The van der Waals surface area contributed by atoms with Crippen LogP contribution in [-0.2, 0) is 11.3 Å². The van der Waals surface area contributed by atoms with E-state index >= 15 is 0 Å². The molecule has 9 nitrogen and oxygen atoms in total. The summed E-state index contributed by atoms with van der Waals surface area (Å²) in [7, 11) is 3.35. The van der Waals surface area contributed by atoms with Crippen LogP contribution in [0.4, 0.5) is 4.79 Å². The molecule has 10 heteroatoms. The number of piperidine rings is 1. The number of nitrogens with zero attached hydrogens (tertiary/aromatic N) is 3. The number of nitrogens with one attached hydrogen (secondary N) is 3. The van der Waals surface area contributed by atoms with E-state index < -0.39 is 11.6 Å². The summed E-state index contributed by atoms with van der Waals surface area (Å²) in [4.78, 5) is 34.4. The summed E-state index contributed by atoms with van der Waals surface area (Å²) >= 11 is 0. The summed E-state index contributed by atoms with van der Waals surface area (Å²) in [6.07, 6.45) is 3.37. The van der Waals surface area contributed by atoms with Gasteiger partial charge in [0, 0.05) is 38.9 Å². The third-order valence-corrected chi connectivity index (χ3v) is 5.35. The van der Waals surface area contributed by atoms with Gasteiger partial charge in [-0.05, 0) is 31.2 Å². The maximum absolute atomic E-state index is 12.1. The zero-order chi connectivity index (χ0) is 19.4. The predicted octanol–water partition coefficient (Wildman–Crippen LogP) is 1.09. The van der Waals surface area contributed by atoms with Crippen molar-refractivity contribution in [3.05, 3.63) is 23.9 Å². The van der Waals surface area contributed by atoms with Crippen LogP contribution in [0.25, 0.3) is 0 Å². The Labute approximate surface area is 181 Å². The zero-order valence-corrected chi connectivity index (χ0v) is 18.6. The summed E-state index contributed by atoms with van der Waals surface area (Å²) in [5.41, 5.74) is 0.208. The number of likely N-dealkylation sites (tertiary alicyclic amines) is 1. The van der Waals surface area contributed by atoms with Crippen molar-refractivity contribution >= 4 is 41.9 Å². The Hall–Kier alpha value is -2.11. The molecule has 0 aliphatic carbocycles. The van der Waals surface area contributed by atoms with E-state index in [1.807, 2.05) is 12.1 Å². The average Bonchev–Trinajstić information content (AvgIpc) is 2.96. The van der Waals surface area contributed by atoms with Crippen molar-refractivity contribution in [2.75, 3.05) is 27.2 Å². The number of urea groups is 1. The number of guanidine groups is 1. The smallest absolute Gasteiger partial charge is 0.322 e. The minimum Gasteiger partial charge on any atom is -0.481 e. The van der Waals surface area contributed by atoms with E-state index in [-0.39, 0.29) is 35.8 Å². The number of amides is 3. The highest BCUT2D eigenvalue weighted by atomic mass is 127. The highest BCUT2D eigenvalue weighted by Gasteiger charge is 2.48. The van der Waals surface area contributed by atoms with Crippen LogP contribution in [0.15, 0.2) is 23.3 Å². The third-order valence-electron chi connectivity index (χ3n) is 5.35. The number of rotatable bonds is 4.